The molecule has 2 saturated heterocycles. The summed E-state index contributed by atoms with van der Waals surface area (Å²) in [6.07, 6.45) is 2.22. The van der Waals surface area contributed by atoms with Gasteiger partial charge in [-0.15, -0.1) is 0 Å². The summed E-state index contributed by atoms with van der Waals surface area (Å²) in [7, 11) is 0. The van der Waals surface area contributed by atoms with Gasteiger partial charge in [0.25, 0.3) is 5.91 Å². The number of carbonyl (C=O) groups is 1. The van der Waals surface area contributed by atoms with Gasteiger partial charge >= 0.3 is 0 Å². The molecule has 1 amide bonds. The second-order valence-corrected chi connectivity index (χ2v) is 6.56. The van der Waals surface area contributed by atoms with E-state index in [1.165, 1.54) is 6.42 Å². The van der Waals surface area contributed by atoms with E-state index in [4.69, 9.17) is 11.6 Å². The molecule has 1 aromatic rings. The lowest BCUT2D eigenvalue weighted by molar-refractivity contribution is 0.0661. The van der Waals surface area contributed by atoms with Crippen LogP contribution in [0.5, 0.6) is 0 Å². The summed E-state index contributed by atoms with van der Waals surface area (Å²) < 4.78 is 0.813. The maximum atomic E-state index is 12.6. The maximum absolute atomic E-state index is 12.6. The van der Waals surface area contributed by atoms with Crippen LogP contribution in [0.25, 0.3) is 0 Å². The van der Waals surface area contributed by atoms with Crippen molar-refractivity contribution in [1.29, 1.82) is 0 Å². The Bertz CT molecular complexity index is 508. The Kier molecular flexibility index (Phi) is 3.83. The van der Waals surface area contributed by atoms with Crippen molar-refractivity contribution in [2.75, 3.05) is 19.6 Å². The van der Waals surface area contributed by atoms with Gasteiger partial charge in [-0.2, -0.15) is 0 Å². The fourth-order valence-corrected chi connectivity index (χ4v) is 3.65. The zero-order valence-electron chi connectivity index (χ0n) is 10.5. The average Bonchev–Trinajstić information content (AvgIpc) is 2.88. The molecule has 0 aromatic heterocycles. The van der Waals surface area contributed by atoms with Crippen molar-refractivity contribution in [2.45, 2.75) is 18.9 Å². The van der Waals surface area contributed by atoms with Crippen LogP contribution in [-0.4, -0.2) is 36.5 Å². The van der Waals surface area contributed by atoms with Crippen LogP contribution in [-0.2, 0) is 0 Å². The number of amides is 1. The van der Waals surface area contributed by atoms with Gasteiger partial charge in [-0.1, -0.05) is 11.6 Å². The summed E-state index contributed by atoms with van der Waals surface area (Å²) in [5, 5.41) is 4.11. The van der Waals surface area contributed by atoms with E-state index in [2.05, 4.69) is 21.2 Å². The normalized spacial score (nSPS) is 26.3. The van der Waals surface area contributed by atoms with Crippen LogP contribution in [0.4, 0.5) is 0 Å². The highest BCUT2D eigenvalue weighted by atomic mass is 79.9. The number of nitrogens with zero attached hydrogens (tertiary/aromatic N) is 1. The number of carbonyl (C=O) groups excluding carboxylic acids is 1. The number of rotatable bonds is 1. The number of hydrogen-bond donors (Lipinski definition) is 1. The van der Waals surface area contributed by atoms with E-state index in [9.17, 15) is 4.79 Å². The zero-order chi connectivity index (χ0) is 13.4. The summed E-state index contributed by atoms with van der Waals surface area (Å²) in [6, 6.07) is 5.97. The fraction of sp³-hybridized carbons (Fsp3) is 0.500. The van der Waals surface area contributed by atoms with Gasteiger partial charge in [0.05, 0.1) is 5.56 Å². The zero-order valence-corrected chi connectivity index (χ0v) is 12.9. The SMILES string of the molecule is O=C(c1cc(Cl)ccc1Br)N1CCC2NCCC2C1. The Balaban J connectivity index is 1.78. The van der Waals surface area contributed by atoms with Crippen molar-refractivity contribution in [3.63, 3.8) is 0 Å². The highest BCUT2D eigenvalue weighted by Crippen LogP contribution is 2.28. The Morgan fingerprint density at radius 3 is 3.11 bits per heavy atom. The highest BCUT2D eigenvalue weighted by Gasteiger charge is 2.34. The first-order valence-electron chi connectivity index (χ1n) is 6.63. The third-order valence-electron chi connectivity index (χ3n) is 4.10. The molecule has 3 nitrogen and oxygen atoms in total. The van der Waals surface area contributed by atoms with E-state index in [1.807, 2.05) is 11.0 Å². The Morgan fingerprint density at radius 1 is 1.42 bits per heavy atom. The third kappa shape index (κ3) is 2.67. The van der Waals surface area contributed by atoms with E-state index in [-0.39, 0.29) is 5.91 Å². The lowest BCUT2D eigenvalue weighted by Gasteiger charge is -2.35. The summed E-state index contributed by atoms with van der Waals surface area (Å²) >= 11 is 9.42. The van der Waals surface area contributed by atoms with Crippen LogP contribution in [0.15, 0.2) is 22.7 Å². The number of nitrogens with one attached hydrogen (secondary N) is 1. The number of piperidine rings is 1. The third-order valence-corrected chi connectivity index (χ3v) is 5.03. The molecule has 102 valence electrons. The van der Waals surface area contributed by atoms with Gasteiger partial charge in [-0.25, -0.2) is 0 Å². The predicted molar refractivity (Wildman–Crippen MR) is 79.6 cm³/mol. The van der Waals surface area contributed by atoms with Gasteiger partial charge in [0.15, 0.2) is 0 Å². The maximum Gasteiger partial charge on any atom is 0.255 e. The summed E-state index contributed by atoms with van der Waals surface area (Å²) in [6.45, 7) is 2.76. The topological polar surface area (TPSA) is 32.3 Å². The Labute approximate surface area is 126 Å². The van der Waals surface area contributed by atoms with Crippen molar-refractivity contribution < 1.29 is 4.79 Å². The number of fused-ring (bicyclic) bond motifs is 1. The molecule has 2 unspecified atom stereocenters. The van der Waals surface area contributed by atoms with Gasteiger partial charge < -0.3 is 10.2 Å². The van der Waals surface area contributed by atoms with E-state index >= 15 is 0 Å². The van der Waals surface area contributed by atoms with Crippen molar-refractivity contribution in [1.82, 2.24) is 10.2 Å². The van der Waals surface area contributed by atoms with E-state index in [0.29, 0.717) is 22.5 Å². The molecule has 0 bridgehead atoms. The van der Waals surface area contributed by atoms with E-state index in [1.54, 1.807) is 12.1 Å². The monoisotopic (exact) mass is 342 g/mol. The van der Waals surface area contributed by atoms with E-state index < -0.39 is 0 Å². The average molecular weight is 344 g/mol. The summed E-state index contributed by atoms with van der Waals surface area (Å²) in [4.78, 5) is 14.5. The molecule has 2 heterocycles. The van der Waals surface area contributed by atoms with Gasteiger partial charge in [0.1, 0.15) is 0 Å². The molecule has 1 aromatic carbocycles. The van der Waals surface area contributed by atoms with Crippen LogP contribution in [0.1, 0.15) is 23.2 Å². The van der Waals surface area contributed by atoms with Crippen molar-refractivity contribution in [3.8, 4) is 0 Å². The van der Waals surface area contributed by atoms with Crippen molar-refractivity contribution in [2.24, 2.45) is 5.92 Å². The van der Waals surface area contributed by atoms with Crippen LogP contribution in [0.2, 0.25) is 5.02 Å². The first kappa shape index (κ1) is 13.4. The van der Waals surface area contributed by atoms with Crippen LogP contribution in [0, 0.1) is 5.92 Å². The van der Waals surface area contributed by atoms with Crippen molar-refractivity contribution in [3.05, 3.63) is 33.3 Å². The molecule has 0 saturated carbocycles. The minimum absolute atomic E-state index is 0.0831. The molecule has 2 aliphatic rings. The largest absolute Gasteiger partial charge is 0.338 e. The minimum Gasteiger partial charge on any atom is -0.338 e. The molecule has 2 fully saturated rings. The Hall–Kier alpha value is -0.580. The van der Waals surface area contributed by atoms with Crippen LogP contribution >= 0.6 is 27.5 Å². The standard InChI is InChI=1S/C14H16BrClN2O/c15-12-2-1-10(16)7-11(12)14(19)18-6-4-13-9(8-18)3-5-17-13/h1-2,7,9,13,17H,3-6,8H2. The lowest BCUT2D eigenvalue weighted by atomic mass is 9.93. The molecule has 3 rings (SSSR count). The van der Waals surface area contributed by atoms with Gasteiger partial charge in [-0.3, -0.25) is 4.79 Å². The second kappa shape index (κ2) is 5.43. The molecule has 0 radical (unpaired) electrons. The Morgan fingerprint density at radius 2 is 2.26 bits per heavy atom. The first-order valence-corrected chi connectivity index (χ1v) is 7.80. The number of likely N-dealkylation sites (tertiary alicyclic amines) is 1. The molecule has 0 spiro atoms. The molecule has 0 aliphatic carbocycles. The molecule has 19 heavy (non-hydrogen) atoms. The molecule has 5 heteroatoms. The number of hydrogen-bond acceptors (Lipinski definition) is 2. The smallest absolute Gasteiger partial charge is 0.255 e. The molecular weight excluding hydrogens is 328 g/mol. The second-order valence-electron chi connectivity index (χ2n) is 5.27. The van der Waals surface area contributed by atoms with Gasteiger partial charge in [-0.05, 0) is 59.4 Å². The minimum atomic E-state index is 0.0831. The number of benzene rings is 1. The van der Waals surface area contributed by atoms with E-state index in [0.717, 1.165) is 30.5 Å². The number of halogens is 2. The van der Waals surface area contributed by atoms with Gasteiger partial charge in [0, 0.05) is 28.6 Å². The summed E-state index contributed by atoms with van der Waals surface area (Å²) in [5.74, 6) is 0.690. The van der Waals surface area contributed by atoms with Crippen LogP contribution < -0.4 is 5.32 Å². The predicted octanol–water partition coefficient (Wildman–Crippen LogP) is 2.93. The summed E-state index contributed by atoms with van der Waals surface area (Å²) in [5.41, 5.74) is 0.664. The first-order chi connectivity index (χ1) is 9.15. The van der Waals surface area contributed by atoms with Gasteiger partial charge in [0.2, 0.25) is 0 Å². The fourth-order valence-electron chi connectivity index (χ4n) is 3.06. The van der Waals surface area contributed by atoms with Crippen LogP contribution in [0.3, 0.4) is 0 Å². The quantitative estimate of drug-likeness (QED) is 0.850. The lowest BCUT2D eigenvalue weighted by Crippen LogP contribution is -2.46. The molecule has 2 atom stereocenters. The highest BCUT2D eigenvalue weighted by molar-refractivity contribution is 9.10. The molecule has 1 N–H and O–H groups in total. The molecule has 2 aliphatic heterocycles. The van der Waals surface area contributed by atoms with Crippen molar-refractivity contribution >= 4 is 33.4 Å². The molecular formula is C14H16BrClN2O.